The van der Waals surface area contributed by atoms with Crippen LogP contribution in [-0.4, -0.2) is 150 Å². The van der Waals surface area contributed by atoms with Crippen LogP contribution in [0.15, 0.2) is 266 Å². The molecule has 107 heavy (non-hydrogen) atoms. The molecule has 9 rings (SSSR count). The van der Waals surface area contributed by atoms with Crippen molar-refractivity contribution in [2.45, 2.75) is 160 Å². The van der Waals surface area contributed by atoms with Crippen molar-refractivity contribution in [3.05, 3.63) is 310 Å². The number of benzene rings is 8. The Bertz CT molecular complexity index is 3730. The number of unbranched alkanes of at least 4 members (excludes halogenated alkanes) is 2. The molecule has 8 aromatic rings. The first-order valence-electron chi connectivity index (χ1n) is 36.2. The Balaban J connectivity index is 1.09. The molecule has 1 fully saturated rings. The Kier molecular flexibility index (Phi) is 35.7. The minimum absolute atomic E-state index is 0.0000296. The minimum atomic E-state index is -2.52. The molecule has 0 radical (unpaired) electrons. The first-order valence-corrected chi connectivity index (χ1v) is 36.2. The van der Waals surface area contributed by atoms with E-state index in [4.69, 9.17) is 72.0 Å². The van der Waals surface area contributed by atoms with Gasteiger partial charge in [0.1, 0.15) is 44.7 Å². The van der Waals surface area contributed by atoms with Crippen molar-refractivity contribution < 1.29 is 102 Å². The number of hydrogen-bond donors (Lipinski definition) is 8. The molecular formula is C85H103NO21. The van der Waals surface area contributed by atoms with Crippen LogP contribution in [0.3, 0.4) is 0 Å². The lowest BCUT2D eigenvalue weighted by Crippen LogP contribution is -2.58. The van der Waals surface area contributed by atoms with Gasteiger partial charge in [0.2, 0.25) is 30.9 Å². The van der Waals surface area contributed by atoms with E-state index in [0.29, 0.717) is 24.1 Å². The topological polar surface area (TPSA) is 297 Å². The van der Waals surface area contributed by atoms with Gasteiger partial charge in [0, 0.05) is 18.4 Å². The molecule has 1 aliphatic heterocycles. The fraction of sp³-hybridized carbons (Fsp3) is 0.388. The van der Waals surface area contributed by atoms with Gasteiger partial charge >= 0.3 is 0 Å². The highest BCUT2D eigenvalue weighted by Crippen LogP contribution is 2.33. The highest BCUT2D eigenvalue weighted by molar-refractivity contribution is 5.21. The zero-order valence-electron chi connectivity index (χ0n) is 60.6. The van der Waals surface area contributed by atoms with Gasteiger partial charge in [0.05, 0.1) is 71.2 Å². The van der Waals surface area contributed by atoms with Gasteiger partial charge in [-0.2, -0.15) is 0 Å². The van der Waals surface area contributed by atoms with E-state index in [0.717, 1.165) is 46.2 Å². The second kappa shape index (κ2) is 46.2. The molecule has 8 aromatic carbocycles. The SMILES string of the molecule is CC(COCc1ccccc1)C(OCc1ccccc1)C(OCc1ccccc1)C(O)C(O)O/C(=C(\COCc1ccccc1)OCc1ccccc1)[C@H](O)O/C(=C(\COCc1ccccc1)OCc1ccccc1)[C@H](O)O[C@@H](O)C(O)OC1C(C)C(COCc2ccccc2)OC(OCCCCCN)[C@@H]1O. The normalized spacial score (nSPS) is 19.0. The molecule has 1 aliphatic rings. The maximum Gasteiger partial charge on any atom is 0.259 e. The summed E-state index contributed by atoms with van der Waals surface area (Å²) in [5.41, 5.74) is 11.9. The number of aliphatic hydroxyl groups excluding tert-OH is 7. The second-order valence-corrected chi connectivity index (χ2v) is 26.0. The molecule has 14 atom stereocenters. The second-order valence-electron chi connectivity index (χ2n) is 26.0. The molecule has 1 heterocycles. The lowest BCUT2D eigenvalue weighted by molar-refractivity contribution is -0.347. The van der Waals surface area contributed by atoms with E-state index < -0.39 is 111 Å². The fourth-order valence-corrected chi connectivity index (χ4v) is 11.7. The smallest absolute Gasteiger partial charge is 0.259 e. The summed E-state index contributed by atoms with van der Waals surface area (Å²) in [6.45, 7) is 3.46. The zero-order valence-corrected chi connectivity index (χ0v) is 60.6. The first-order chi connectivity index (χ1) is 52.3. The van der Waals surface area contributed by atoms with Crippen molar-refractivity contribution in [1.29, 1.82) is 0 Å². The third-order valence-corrected chi connectivity index (χ3v) is 17.6. The van der Waals surface area contributed by atoms with Gasteiger partial charge in [-0.05, 0) is 70.3 Å². The maximum atomic E-state index is 13.2. The Morgan fingerprint density at radius 2 is 0.822 bits per heavy atom. The van der Waals surface area contributed by atoms with Gasteiger partial charge in [0.15, 0.2) is 23.6 Å². The quantitative estimate of drug-likeness (QED) is 0.00998. The summed E-state index contributed by atoms with van der Waals surface area (Å²) in [5.74, 6) is -3.34. The third-order valence-electron chi connectivity index (χ3n) is 17.6. The Hall–Kier alpha value is -8.28. The van der Waals surface area contributed by atoms with E-state index in [-0.39, 0.29) is 84.2 Å². The first kappa shape index (κ1) is 82.8. The predicted molar refractivity (Wildman–Crippen MR) is 397 cm³/mol. The lowest BCUT2D eigenvalue weighted by atomic mass is 9.90. The molecule has 0 amide bonds. The molecule has 0 bridgehead atoms. The van der Waals surface area contributed by atoms with Crippen molar-refractivity contribution >= 4 is 0 Å². The molecule has 0 aromatic heterocycles. The molecular weight excluding hydrogens is 1370 g/mol. The Morgan fingerprint density at radius 3 is 1.26 bits per heavy atom. The van der Waals surface area contributed by atoms with Crippen LogP contribution in [0.2, 0.25) is 0 Å². The predicted octanol–water partition coefficient (Wildman–Crippen LogP) is 10.8. The minimum Gasteiger partial charge on any atom is -0.487 e. The molecule has 22 heteroatoms. The van der Waals surface area contributed by atoms with Gasteiger partial charge < -0.3 is 108 Å². The average Bonchev–Trinajstić information content (AvgIpc) is 0.804. The Morgan fingerprint density at radius 1 is 0.430 bits per heavy atom. The van der Waals surface area contributed by atoms with Crippen molar-refractivity contribution in [2.24, 2.45) is 17.6 Å². The van der Waals surface area contributed by atoms with Crippen molar-refractivity contribution in [3.8, 4) is 0 Å². The molecule has 0 spiro atoms. The zero-order chi connectivity index (χ0) is 75.2. The standard InChI is InChI=1S/C85H103NO21/c1-60(48-94-49-62-30-12-3-13-31-62)75(101-55-68-42-24-9-25-43-68)79(102-56-69-44-26-10-27-45-69)73(87)80(89)105-77(71(99-53-66-38-20-7-21-39-66)58-96-51-64-34-16-5-17-35-64)81(90)106-78(72(100-54-67-40-22-8-23-41-67)59-97-52-65-36-18-6-19-37-65)82(91)107-84(93)83(92)104-76-61(2)70(57-95-50-63-32-14-4-15-33-63)103-85(74(76)88)98-47-29-11-28-46-86/h3-10,12-27,30-45,60-61,70,73-76,79-85,87-93H,11,28-29,46-59,86H2,1-2H3/b77-71+,78-72+/t60?,61?,70?,73?,74-,75?,76?,79?,80?,81-,82-,83?,84-,85?/m1/s1. The summed E-state index contributed by atoms with van der Waals surface area (Å²) in [5, 5.41) is 87.5. The van der Waals surface area contributed by atoms with E-state index in [9.17, 15) is 35.7 Å². The Labute approximate surface area is 626 Å². The fourth-order valence-electron chi connectivity index (χ4n) is 11.7. The van der Waals surface area contributed by atoms with E-state index in [2.05, 4.69) is 0 Å². The number of ether oxygens (including phenoxy) is 14. The van der Waals surface area contributed by atoms with Crippen LogP contribution in [-0.2, 0) is 119 Å². The third kappa shape index (κ3) is 28.0. The molecule has 22 nitrogen and oxygen atoms in total. The lowest BCUT2D eigenvalue weighted by Gasteiger charge is -2.44. The van der Waals surface area contributed by atoms with Gasteiger partial charge in [-0.15, -0.1) is 0 Å². The maximum absolute atomic E-state index is 13.2. The van der Waals surface area contributed by atoms with Crippen LogP contribution in [0, 0.1) is 11.8 Å². The van der Waals surface area contributed by atoms with E-state index in [1.165, 1.54) is 0 Å². The largest absolute Gasteiger partial charge is 0.487 e. The summed E-state index contributed by atoms with van der Waals surface area (Å²) in [6.07, 6.45) is -19.5. The van der Waals surface area contributed by atoms with Crippen molar-refractivity contribution in [2.75, 3.05) is 39.6 Å². The van der Waals surface area contributed by atoms with Gasteiger partial charge in [-0.3, -0.25) is 0 Å². The van der Waals surface area contributed by atoms with E-state index in [1.54, 1.807) is 55.5 Å². The number of aliphatic hydroxyl groups is 7. The van der Waals surface area contributed by atoms with Crippen LogP contribution in [0.1, 0.15) is 77.6 Å². The number of nitrogens with two attached hydrogens (primary N) is 1. The van der Waals surface area contributed by atoms with Crippen molar-refractivity contribution in [3.63, 3.8) is 0 Å². The highest BCUT2D eigenvalue weighted by Gasteiger charge is 2.47. The monoisotopic (exact) mass is 1470 g/mol. The number of hydrogen-bond acceptors (Lipinski definition) is 22. The van der Waals surface area contributed by atoms with Gasteiger partial charge in [0.25, 0.3) is 6.29 Å². The highest BCUT2D eigenvalue weighted by atomic mass is 16.8. The average molecular weight is 1470 g/mol. The molecule has 10 unspecified atom stereocenters. The van der Waals surface area contributed by atoms with Gasteiger partial charge in [-0.25, -0.2) is 0 Å². The molecule has 1 saturated heterocycles. The van der Waals surface area contributed by atoms with Crippen LogP contribution >= 0.6 is 0 Å². The van der Waals surface area contributed by atoms with Crippen LogP contribution < -0.4 is 5.73 Å². The van der Waals surface area contributed by atoms with Gasteiger partial charge in [-0.1, -0.05) is 257 Å². The van der Waals surface area contributed by atoms with E-state index in [1.807, 2.05) is 201 Å². The molecule has 9 N–H and O–H groups in total. The summed E-state index contributed by atoms with van der Waals surface area (Å²) < 4.78 is 88.9. The summed E-state index contributed by atoms with van der Waals surface area (Å²) in [6, 6.07) is 74.2. The summed E-state index contributed by atoms with van der Waals surface area (Å²) in [4.78, 5) is 0. The van der Waals surface area contributed by atoms with Crippen molar-refractivity contribution in [1.82, 2.24) is 0 Å². The summed E-state index contributed by atoms with van der Waals surface area (Å²) >= 11 is 0. The molecule has 0 saturated carbocycles. The molecule has 574 valence electrons. The van der Waals surface area contributed by atoms with Crippen LogP contribution in [0.4, 0.5) is 0 Å². The molecule has 0 aliphatic carbocycles. The van der Waals surface area contributed by atoms with Crippen LogP contribution in [0.5, 0.6) is 0 Å². The van der Waals surface area contributed by atoms with E-state index >= 15 is 0 Å². The summed E-state index contributed by atoms with van der Waals surface area (Å²) in [7, 11) is 0. The number of rotatable bonds is 49. The van der Waals surface area contributed by atoms with Crippen LogP contribution in [0.25, 0.3) is 0 Å².